The quantitative estimate of drug-likeness (QED) is 0.180. The van der Waals surface area contributed by atoms with Crippen LogP contribution >= 0.6 is 0 Å². The molecule has 0 aliphatic heterocycles. The van der Waals surface area contributed by atoms with Gasteiger partial charge < -0.3 is 8.98 Å². The Morgan fingerprint density at radius 2 is 0.800 bits per heavy atom. The van der Waals surface area contributed by atoms with Crippen LogP contribution in [0.3, 0.4) is 0 Å². The fourth-order valence-electron chi connectivity index (χ4n) is 8.38. The topological polar surface area (TPSA) is 56.7 Å². The second-order valence-electron chi connectivity index (χ2n) is 13.2. The van der Waals surface area contributed by atoms with Gasteiger partial charge in [-0.2, -0.15) is 0 Å². The molecule has 0 saturated heterocycles. The molecule has 12 rings (SSSR count). The van der Waals surface area contributed by atoms with Gasteiger partial charge in [-0.25, -0.2) is 15.0 Å². The Morgan fingerprint density at radius 3 is 1.44 bits per heavy atom. The van der Waals surface area contributed by atoms with Crippen LogP contribution in [-0.2, 0) is 0 Å². The SMILES string of the molecule is c1ccc(-c2nc(-c3ccccc3)nc(-c3cccc(-n4c5ccc6ccc7ccc8ccc9oc%10ccc4c4c%10c9c8c7c6c45)c3)n2)cc1. The van der Waals surface area contributed by atoms with E-state index < -0.39 is 0 Å². The van der Waals surface area contributed by atoms with Crippen molar-refractivity contribution < 1.29 is 4.42 Å². The van der Waals surface area contributed by atoms with Gasteiger partial charge in [0, 0.05) is 54.7 Å². The molecule has 0 fully saturated rings. The molecule has 3 heterocycles. The lowest BCUT2D eigenvalue weighted by molar-refractivity contribution is 0.669. The highest BCUT2D eigenvalue weighted by atomic mass is 16.3. The molecule has 0 atom stereocenters. The lowest BCUT2D eigenvalue weighted by atomic mass is 9.94. The summed E-state index contributed by atoms with van der Waals surface area (Å²) in [6.45, 7) is 0. The molecule has 0 spiro atoms. The average Bonchev–Trinajstić information content (AvgIpc) is 3.69. The second-order valence-corrected chi connectivity index (χ2v) is 13.2. The maximum Gasteiger partial charge on any atom is 0.164 e. The van der Waals surface area contributed by atoms with E-state index in [0.717, 1.165) is 44.6 Å². The molecule has 12 aromatic rings. The molecular formula is C45H24N4O. The fourth-order valence-corrected chi connectivity index (χ4v) is 8.38. The Hall–Kier alpha value is -6.85. The number of nitrogens with zero attached hydrogens (tertiary/aromatic N) is 4. The van der Waals surface area contributed by atoms with Gasteiger partial charge >= 0.3 is 0 Å². The van der Waals surface area contributed by atoms with Gasteiger partial charge in [-0.05, 0) is 57.9 Å². The van der Waals surface area contributed by atoms with Crippen LogP contribution in [0.15, 0.2) is 150 Å². The van der Waals surface area contributed by atoms with E-state index in [1.54, 1.807) is 0 Å². The van der Waals surface area contributed by atoms with Crippen LogP contribution in [0.1, 0.15) is 0 Å². The molecule has 9 aromatic carbocycles. The highest BCUT2D eigenvalue weighted by Crippen LogP contribution is 2.51. The van der Waals surface area contributed by atoms with Crippen LogP contribution in [0.2, 0.25) is 0 Å². The maximum absolute atomic E-state index is 6.57. The summed E-state index contributed by atoms with van der Waals surface area (Å²) in [6, 6.07) is 51.1. The van der Waals surface area contributed by atoms with Gasteiger partial charge in [0.25, 0.3) is 0 Å². The Labute approximate surface area is 284 Å². The summed E-state index contributed by atoms with van der Waals surface area (Å²) >= 11 is 0. The number of aromatic nitrogens is 4. The third-order valence-corrected chi connectivity index (χ3v) is 10.5. The summed E-state index contributed by atoms with van der Waals surface area (Å²) in [6.07, 6.45) is 0. The fraction of sp³-hybridized carbons (Fsp3) is 0. The van der Waals surface area contributed by atoms with Gasteiger partial charge in [0.05, 0.1) is 11.0 Å². The van der Waals surface area contributed by atoms with Crippen LogP contribution in [0.25, 0.3) is 116 Å². The minimum Gasteiger partial charge on any atom is -0.456 e. The van der Waals surface area contributed by atoms with Gasteiger partial charge in [-0.3, -0.25) is 0 Å². The smallest absolute Gasteiger partial charge is 0.164 e. The molecule has 0 radical (unpaired) electrons. The van der Waals surface area contributed by atoms with Crippen molar-refractivity contribution in [1.29, 1.82) is 0 Å². The molecule has 0 bridgehead atoms. The van der Waals surface area contributed by atoms with Crippen molar-refractivity contribution in [2.75, 3.05) is 0 Å². The van der Waals surface area contributed by atoms with Crippen molar-refractivity contribution in [1.82, 2.24) is 19.5 Å². The normalized spacial score (nSPS) is 12.4. The molecule has 230 valence electrons. The monoisotopic (exact) mass is 636 g/mol. The van der Waals surface area contributed by atoms with E-state index in [-0.39, 0.29) is 0 Å². The largest absolute Gasteiger partial charge is 0.456 e. The Bertz CT molecular complexity index is 3190. The number of hydrogen-bond acceptors (Lipinski definition) is 4. The molecule has 5 nitrogen and oxygen atoms in total. The first-order valence-electron chi connectivity index (χ1n) is 16.9. The molecule has 0 unspecified atom stereocenters. The highest BCUT2D eigenvalue weighted by Gasteiger charge is 2.26. The third-order valence-electron chi connectivity index (χ3n) is 10.5. The number of benzene rings is 8. The molecule has 0 saturated carbocycles. The predicted molar refractivity (Wildman–Crippen MR) is 204 cm³/mol. The highest BCUT2D eigenvalue weighted by molar-refractivity contribution is 6.44. The van der Waals surface area contributed by atoms with Crippen LogP contribution < -0.4 is 0 Å². The van der Waals surface area contributed by atoms with Crippen LogP contribution in [0, 0.1) is 0 Å². The molecule has 0 aliphatic rings. The Morgan fingerprint density at radius 1 is 0.360 bits per heavy atom. The first-order valence-corrected chi connectivity index (χ1v) is 16.9. The summed E-state index contributed by atoms with van der Waals surface area (Å²) in [4.78, 5) is 15.0. The van der Waals surface area contributed by atoms with E-state index in [9.17, 15) is 0 Å². The van der Waals surface area contributed by atoms with Crippen molar-refractivity contribution in [2.24, 2.45) is 0 Å². The summed E-state index contributed by atoms with van der Waals surface area (Å²) in [5.74, 6) is 1.93. The van der Waals surface area contributed by atoms with E-state index in [0.29, 0.717) is 17.5 Å². The average molecular weight is 637 g/mol. The van der Waals surface area contributed by atoms with Gasteiger partial charge in [0.1, 0.15) is 11.2 Å². The second kappa shape index (κ2) is 9.40. The Balaban J connectivity index is 1.17. The first-order chi connectivity index (χ1) is 24.8. The van der Waals surface area contributed by atoms with E-state index in [4.69, 9.17) is 19.4 Å². The van der Waals surface area contributed by atoms with Gasteiger partial charge in [-0.15, -0.1) is 0 Å². The zero-order chi connectivity index (χ0) is 32.5. The molecule has 3 aromatic heterocycles. The summed E-state index contributed by atoms with van der Waals surface area (Å²) in [7, 11) is 0. The third kappa shape index (κ3) is 3.38. The van der Waals surface area contributed by atoms with Crippen molar-refractivity contribution >= 4 is 76.1 Å². The Kier molecular flexibility index (Phi) is 4.91. The zero-order valence-electron chi connectivity index (χ0n) is 26.6. The molecule has 0 N–H and O–H groups in total. The minimum atomic E-state index is 0.633. The molecule has 0 aliphatic carbocycles. The van der Waals surface area contributed by atoms with Crippen molar-refractivity contribution in [3.63, 3.8) is 0 Å². The van der Waals surface area contributed by atoms with Crippen molar-refractivity contribution in [3.05, 3.63) is 146 Å². The standard InChI is InChI=1S/C45H24N4O/c1-3-8-28(9-4-1)43-46-44(29-10-5-2-6-11-29)48-45(47-43)30-12-7-13-31(24-30)49-32-20-18-26-16-14-25-15-17-27-19-22-34-41-38(27)36(25)37(26)39(32)40-33(49)21-23-35(50-34)42(40)41/h1-24H. The van der Waals surface area contributed by atoms with Crippen LogP contribution in [0.4, 0.5) is 0 Å². The number of hydrogen-bond donors (Lipinski definition) is 0. The zero-order valence-corrected chi connectivity index (χ0v) is 26.6. The molecule has 0 amide bonds. The lowest BCUT2D eigenvalue weighted by Crippen LogP contribution is -2.01. The van der Waals surface area contributed by atoms with Crippen LogP contribution in [-0.4, -0.2) is 19.5 Å². The summed E-state index contributed by atoms with van der Waals surface area (Å²) in [5.41, 5.74) is 8.02. The van der Waals surface area contributed by atoms with Crippen molar-refractivity contribution in [3.8, 4) is 39.9 Å². The summed E-state index contributed by atoms with van der Waals surface area (Å²) in [5, 5.41) is 12.5. The lowest BCUT2D eigenvalue weighted by Gasteiger charge is -2.13. The maximum atomic E-state index is 6.57. The molecular weight excluding hydrogens is 613 g/mol. The van der Waals surface area contributed by atoms with E-state index in [1.807, 2.05) is 60.7 Å². The van der Waals surface area contributed by atoms with Crippen molar-refractivity contribution in [2.45, 2.75) is 0 Å². The van der Waals surface area contributed by atoms with E-state index >= 15 is 0 Å². The number of furan rings is 1. The molecule has 5 heteroatoms. The van der Waals surface area contributed by atoms with Gasteiger partial charge in [0.2, 0.25) is 0 Å². The van der Waals surface area contributed by atoms with E-state index in [1.165, 1.54) is 53.9 Å². The predicted octanol–water partition coefficient (Wildman–Crippen LogP) is 11.6. The van der Waals surface area contributed by atoms with Gasteiger partial charge in [-0.1, -0.05) is 109 Å². The van der Waals surface area contributed by atoms with Crippen LogP contribution in [0.5, 0.6) is 0 Å². The number of rotatable bonds is 4. The summed E-state index contributed by atoms with van der Waals surface area (Å²) < 4.78 is 8.96. The first kappa shape index (κ1) is 26.1. The van der Waals surface area contributed by atoms with E-state index in [2.05, 4.69) is 89.5 Å². The minimum absolute atomic E-state index is 0.633. The molecule has 50 heavy (non-hydrogen) atoms. The van der Waals surface area contributed by atoms with Gasteiger partial charge in [0.15, 0.2) is 17.5 Å².